The summed E-state index contributed by atoms with van der Waals surface area (Å²) >= 11 is 0. The summed E-state index contributed by atoms with van der Waals surface area (Å²) in [6.07, 6.45) is -0.0287. The number of aryl methyl sites for hydroxylation is 2. The van der Waals surface area contributed by atoms with E-state index >= 15 is 0 Å². The Morgan fingerprint density at radius 3 is 2.37 bits per heavy atom. The van der Waals surface area contributed by atoms with Gasteiger partial charge in [0.1, 0.15) is 11.5 Å². The van der Waals surface area contributed by atoms with E-state index in [0.29, 0.717) is 0 Å². The fourth-order valence-electron chi connectivity index (χ4n) is 1.92. The third kappa shape index (κ3) is 4.28. The van der Waals surface area contributed by atoms with E-state index < -0.39 is 0 Å². The lowest BCUT2D eigenvalue weighted by atomic mass is 10.1. The first-order valence-corrected chi connectivity index (χ1v) is 6.52. The van der Waals surface area contributed by atoms with E-state index in [2.05, 4.69) is 10.6 Å². The molecule has 0 aromatic carbocycles. The van der Waals surface area contributed by atoms with Crippen LogP contribution in [0.2, 0.25) is 0 Å². The van der Waals surface area contributed by atoms with Crippen molar-refractivity contribution < 1.29 is 13.9 Å². The molecule has 19 heavy (non-hydrogen) atoms. The lowest BCUT2D eigenvalue weighted by molar-refractivity contribution is 0.0910. The van der Waals surface area contributed by atoms with Crippen LogP contribution in [0.15, 0.2) is 10.5 Å². The number of methoxy groups -OCH3 is 1. The molecular formula is C14H24N2O3. The van der Waals surface area contributed by atoms with Gasteiger partial charge >= 0.3 is 6.03 Å². The summed E-state index contributed by atoms with van der Waals surface area (Å²) in [4.78, 5) is 11.9. The monoisotopic (exact) mass is 268 g/mol. The molecule has 1 aromatic heterocycles. The Morgan fingerprint density at radius 1 is 1.26 bits per heavy atom. The van der Waals surface area contributed by atoms with Crippen LogP contribution in [0.1, 0.15) is 43.9 Å². The van der Waals surface area contributed by atoms with Crippen LogP contribution in [0.4, 0.5) is 4.79 Å². The molecule has 5 nitrogen and oxygen atoms in total. The summed E-state index contributed by atoms with van der Waals surface area (Å²) in [6, 6.07) is 1.59. The summed E-state index contributed by atoms with van der Waals surface area (Å²) in [6.45, 7) is 9.55. The van der Waals surface area contributed by atoms with Crippen molar-refractivity contribution in [3.8, 4) is 0 Å². The van der Waals surface area contributed by atoms with Crippen molar-refractivity contribution in [2.75, 3.05) is 7.11 Å². The van der Waals surface area contributed by atoms with Gasteiger partial charge < -0.3 is 19.8 Å². The normalized spacial score (nSPS) is 15.7. The van der Waals surface area contributed by atoms with E-state index in [-0.39, 0.29) is 24.2 Å². The molecule has 2 amide bonds. The van der Waals surface area contributed by atoms with Crippen LogP contribution >= 0.6 is 0 Å². The number of furan rings is 1. The molecule has 0 aliphatic rings. The van der Waals surface area contributed by atoms with Crippen molar-refractivity contribution in [3.05, 3.63) is 23.2 Å². The fourth-order valence-corrected chi connectivity index (χ4v) is 1.92. The summed E-state index contributed by atoms with van der Waals surface area (Å²) in [7, 11) is 1.63. The molecule has 0 aliphatic heterocycles. The summed E-state index contributed by atoms with van der Waals surface area (Å²) < 4.78 is 10.6. The van der Waals surface area contributed by atoms with E-state index in [4.69, 9.17) is 9.15 Å². The average molecular weight is 268 g/mol. The molecule has 0 bridgehead atoms. The minimum absolute atomic E-state index is 0.0287. The zero-order chi connectivity index (χ0) is 14.6. The van der Waals surface area contributed by atoms with Crippen LogP contribution in [0.25, 0.3) is 0 Å². The van der Waals surface area contributed by atoms with Crippen LogP contribution in [-0.4, -0.2) is 25.3 Å². The molecule has 0 radical (unpaired) electrons. The summed E-state index contributed by atoms with van der Waals surface area (Å²) in [5, 5.41) is 5.75. The number of ether oxygens (including phenoxy) is 1. The highest BCUT2D eigenvalue weighted by Gasteiger charge is 2.18. The minimum atomic E-state index is -0.206. The third-order valence-corrected chi connectivity index (χ3v) is 3.33. The van der Waals surface area contributed by atoms with Gasteiger partial charge in [0.25, 0.3) is 0 Å². The third-order valence-electron chi connectivity index (χ3n) is 3.33. The zero-order valence-electron chi connectivity index (χ0n) is 12.5. The first kappa shape index (κ1) is 15.6. The second-order valence-electron chi connectivity index (χ2n) is 4.94. The lowest BCUT2D eigenvalue weighted by Gasteiger charge is -2.21. The lowest BCUT2D eigenvalue weighted by Crippen LogP contribution is -2.46. The van der Waals surface area contributed by atoms with Crippen molar-refractivity contribution in [3.63, 3.8) is 0 Å². The molecule has 0 aliphatic carbocycles. The van der Waals surface area contributed by atoms with Gasteiger partial charge in [0.2, 0.25) is 0 Å². The molecule has 2 N–H and O–H groups in total. The molecule has 1 aromatic rings. The molecule has 1 heterocycles. The number of rotatable bonds is 5. The maximum Gasteiger partial charge on any atom is 0.315 e. The second kappa shape index (κ2) is 6.61. The molecule has 0 saturated heterocycles. The largest absolute Gasteiger partial charge is 0.466 e. The van der Waals surface area contributed by atoms with E-state index in [1.54, 1.807) is 7.11 Å². The van der Waals surface area contributed by atoms with E-state index in [1.807, 2.05) is 40.7 Å². The SMILES string of the molecule is CO[C@@H](C)[C@H](C)NC(=O)N[C@@H](C)c1cc(C)oc1C. The Balaban J connectivity index is 2.55. The summed E-state index contributed by atoms with van der Waals surface area (Å²) in [5.74, 6) is 1.69. The molecule has 0 spiro atoms. The van der Waals surface area contributed by atoms with Gasteiger partial charge in [-0.05, 0) is 40.7 Å². The van der Waals surface area contributed by atoms with Crippen LogP contribution < -0.4 is 10.6 Å². The predicted octanol–water partition coefficient (Wildman–Crippen LogP) is 2.68. The van der Waals surface area contributed by atoms with Gasteiger partial charge in [0.05, 0.1) is 18.2 Å². The van der Waals surface area contributed by atoms with E-state index in [9.17, 15) is 4.79 Å². The highest BCUT2D eigenvalue weighted by atomic mass is 16.5. The van der Waals surface area contributed by atoms with Gasteiger partial charge in [-0.3, -0.25) is 0 Å². The fraction of sp³-hybridized carbons (Fsp3) is 0.643. The molecule has 108 valence electrons. The molecule has 3 atom stereocenters. The van der Waals surface area contributed by atoms with Gasteiger partial charge in [-0.25, -0.2) is 4.79 Å². The topological polar surface area (TPSA) is 63.5 Å². The Bertz CT molecular complexity index is 428. The Labute approximate surface area is 114 Å². The van der Waals surface area contributed by atoms with Crippen molar-refractivity contribution in [1.29, 1.82) is 0 Å². The highest BCUT2D eigenvalue weighted by molar-refractivity contribution is 5.74. The van der Waals surface area contributed by atoms with Crippen molar-refractivity contribution >= 4 is 6.03 Å². The van der Waals surface area contributed by atoms with Crippen LogP contribution in [-0.2, 0) is 4.74 Å². The number of carbonyl (C=O) groups is 1. The van der Waals surface area contributed by atoms with Crippen LogP contribution in [0, 0.1) is 13.8 Å². The standard InChI is InChI=1S/C14H24N2O3/c1-8-7-13(12(5)19-8)10(3)16-14(17)15-9(2)11(4)18-6/h7,9-11H,1-6H3,(H2,15,16,17)/t9-,10-,11-/m0/s1. The number of carbonyl (C=O) groups excluding carboxylic acids is 1. The predicted molar refractivity (Wildman–Crippen MR) is 74.2 cm³/mol. The van der Waals surface area contributed by atoms with E-state index in [1.165, 1.54) is 0 Å². The molecule has 5 heteroatoms. The van der Waals surface area contributed by atoms with E-state index in [0.717, 1.165) is 17.1 Å². The maximum absolute atomic E-state index is 11.9. The number of urea groups is 1. The van der Waals surface area contributed by atoms with Crippen molar-refractivity contribution in [2.24, 2.45) is 0 Å². The average Bonchev–Trinajstić information content (AvgIpc) is 2.67. The maximum atomic E-state index is 11.9. The number of amides is 2. The number of nitrogens with one attached hydrogen (secondary N) is 2. The summed E-state index contributed by atoms with van der Waals surface area (Å²) in [5.41, 5.74) is 1.00. The van der Waals surface area contributed by atoms with Gasteiger partial charge in [0, 0.05) is 12.7 Å². The van der Waals surface area contributed by atoms with Gasteiger partial charge in [-0.2, -0.15) is 0 Å². The molecule has 0 saturated carbocycles. The van der Waals surface area contributed by atoms with Crippen LogP contribution in [0.5, 0.6) is 0 Å². The number of hydrogen-bond donors (Lipinski definition) is 2. The molecule has 0 fully saturated rings. The highest BCUT2D eigenvalue weighted by Crippen LogP contribution is 2.20. The minimum Gasteiger partial charge on any atom is -0.466 e. The number of hydrogen-bond acceptors (Lipinski definition) is 3. The first-order chi connectivity index (χ1) is 8.85. The Hall–Kier alpha value is -1.49. The van der Waals surface area contributed by atoms with Crippen LogP contribution in [0.3, 0.4) is 0 Å². The zero-order valence-corrected chi connectivity index (χ0v) is 12.5. The quantitative estimate of drug-likeness (QED) is 0.863. The van der Waals surface area contributed by atoms with Gasteiger partial charge in [-0.1, -0.05) is 0 Å². The van der Waals surface area contributed by atoms with Crippen molar-refractivity contribution in [1.82, 2.24) is 10.6 Å². The van der Waals surface area contributed by atoms with Gasteiger partial charge in [0.15, 0.2) is 0 Å². The molecular weight excluding hydrogens is 244 g/mol. The molecule has 1 rings (SSSR count). The second-order valence-corrected chi connectivity index (χ2v) is 4.94. The van der Waals surface area contributed by atoms with Gasteiger partial charge in [-0.15, -0.1) is 0 Å². The smallest absolute Gasteiger partial charge is 0.315 e. The van der Waals surface area contributed by atoms with Crippen molar-refractivity contribution in [2.45, 2.75) is 52.8 Å². The Kier molecular flexibility index (Phi) is 5.42. The first-order valence-electron chi connectivity index (χ1n) is 6.52. The Morgan fingerprint density at radius 2 is 1.89 bits per heavy atom. The molecule has 0 unspecified atom stereocenters.